The summed E-state index contributed by atoms with van der Waals surface area (Å²) in [5.41, 5.74) is 5.17. The Morgan fingerprint density at radius 1 is 1.07 bits per heavy atom. The molecule has 1 N–H and O–H groups in total. The number of hydrogen-bond acceptors (Lipinski definition) is 2. The summed E-state index contributed by atoms with van der Waals surface area (Å²) in [6.07, 6.45) is 3.35. The van der Waals surface area contributed by atoms with Gasteiger partial charge in [-0.15, -0.1) is 0 Å². The lowest BCUT2D eigenvalue weighted by molar-refractivity contribution is -0.138. The largest absolute Gasteiger partial charge is 0.481 e. The van der Waals surface area contributed by atoms with Crippen LogP contribution in [0.15, 0.2) is 42.5 Å². The molecule has 3 rings (SSSR count). The van der Waals surface area contributed by atoms with Gasteiger partial charge in [-0.2, -0.15) is 0 Å². The summed E-state index contributed by atoms with van der Waals surface area (Å²) in [7, 11) is 0. The summed E-state index contributed by atoms with van der Waals surface area (Å²) >= 11 is 0. The van der Waals surface area contributed by atoms with E-state index in [0.29, 0.717) is 0 Å². The second-order valence-electron chi connectivity index (χ2n) is 7.82. The number of benzene rings is 2. The maximum atomic E-state index is 11.1. The maximum Gasteiger partial charge on any atom is 0.310 e. The molecule has 0 aromatic heterocycles. The Labute approximate surface area is 167 Å². The Bertz CT molecular complexity index is 909. The highest BCUT2D eigenvalue weighted by atomic mass is 16.5. The van der Waals surface area contributed by atoms with E-state index in [2.05, 4.69) is 50.8 Å². The number of ether oxygens (including phenoxy) is 1. The third-order valence-corrected chi connectivity index (χ3v) is 5.27. The van der Waals surface area contributed by atoms with Gasteiger partial charge < -0.3 is 9.84 Å². The van der Waals surface area contributed by atoms with E-state index in [0.717, 1.165) is 36.0 Å². The van der Waals surface area contributed by atoms with E-state index in [1.807, 2.05) is 24.3 Å². The molecular formula is C25H28O3. The molecule has 2 aromatic carbocycles. The summed E-state index contributed by atoms with van der Waals surface area (Å²) in [5.74, 6) is 5.10. The molecule has 0 saturated heterocycles. The lowest BCUT2D eigenvalue weighted by Gasteiger charge is -2.22. The third-order valence-electron chi connectivity index (χ3n) is 5.27. The molecule has 0 amide bonds. The van der Waals surface area contributed by atoms with Crippen LogP contribution in [0.4, 0.5) is 0 Å². The van der Waals surface area contributed by atoms with Crippen LogP contribution >= 0.6 is 0 Å². The molecule has 2 aromatic rings. The molecular weight excluding hydrogens is 348 g/mol. The van der Waals surface area contributed by atoms with Crippen LogP contribution in [0.3, 0.4) is 0 Å². The molecule has 3 nitrogen and oxygen atoms in total. The molecule has 1 aliphatic carbocycles. The highest BCUT2D eigenvalue weighted by Crippen LogP contribution is 2.51. The van der Waals surface area contributed by atoms with E-state index in [1.54, 1.807) is 6.92 Å². The molecule has 0 bridgehead atoms. The van der Waals surface area contributed by atoms with Gasteiger partial charge in [0.2, 0.25) is 0 Å². The van der Waals surface area contributed by atoms with E-state index >= 15 is 0 Å². The normalized spacial score (nSPS) is 15.6. The van der Waals surface area contributed by atoms with Crippen LogP contribution in [0.2, 0.25) is 0 Å². The average molecular weight is 376 g/mol. The minimum Gasteiger partial charge on any atom is -0.481 e. The molecule has 3 heteroatoms. The quantitative estimate of drug-likeness (QED) is 0.700. The number of carboxylic acid groups (broad SMARTS) is 1. The zero-order chi connectivity index (χ0) is 20.3. The van der Waals surface area contributed by atoms with E-state index in [-0.39, 0.29) is 11.7 Å². The van der Waals surface area contributed by atoms with Crippen LogP contribution in [0.25, 0.3) is 0 Å². The summed E-state index contributed by atoms with van der Waals surface area (Å²) in [5, 5.41) is 9.10. The minimum atomic E-state index is -0.819. The molecule has 1 atom stereocenters. The maximum absolute atomic E-state index is 11.1. The minimum absolute atomic E-state index is 0.0951. The second kappa shape index (κ2) is 8.20. The van der Waals surface area contributed by atoms with Gasteiger partial charge in [0, 0.05) is 11.1 Å². The Morgan fingerprint density at radius 2 is 1.68 bits per heavy atom. The van der Waals surface area contributed by atoms with Crippen molar-refractivity contribution >= 4 is 5.97 Å². The van der Waals surface area contributed by atoms with Gasteiger partial charge >= 0.3 is 5.97 Å². The fraction of sp³-hybridized carbons (Fsp3) is 0.400. The highest BCUT2D eigenvalue weighted by Gasteiger charge is 2.47. The summed E-state index contributed by atoms with van der Waals surface area (Å²) in [6.45, 7) is 8.04. The van der Waals surface area contributed by atoms with Crippen molar-refractivity contribution in [2.45, 2.75) is 64.6 Å². The second-order valence-corrected chi connectivity index (χ2v) is 7.82. The number of aryl methyl sites for hydroxylation is 1. The molecule has 0 heterocycles. The van der Waals surface area contributed by atoms with Crippen molar-refractivity contribution in [3.63, 3.8) is 0 Å². The first-order chi connectivity index (χ1) is 13.3. The van der Waals surface area contributed by atoms with Crippen LogP contribution in [0, 0.1) is 11.8 Å². The number of aliphatic carboxylic acids is 1. The zero-order valence-electron chi connectivity index (χ0n) is 17.1. The summed E-state index contributed by atoms with van der Waals surface area (Å²) in [4.78, 5) is 11.1. The first-order valence-corrected chi connectivity index (χ1v) is 10.0. The smallest absolute Gasteiger partial charge is 0.310 e. The zero-order valence-corrected chi connectivity index (χ0v) is 17.1. The van der Waals surface area contributed by atoms with E-state index in [1.165, 1.54) is 11.1 Å². The molecule has 28 heavy (non-hydrogen) atoms. The predicted octanol–water partition coefficient (Wildman–Crippen LogP) is 5.25. The van der Waals surface area contributed by atoms with Crippen molar-refractivity contribution in [2.24, 2.45) is 0 Å². The van der Waals surface area contributed by atoms with Crippen molar-refractivity contribution in [3.05, 3.63) is 70.3 Å². The predicted molar refractivity (Wildman–Crippen MR) is 111 cm³/mol. The molecule has 1 saturated carbocycles. The fourth-order valence-corrected chi connectivity index (χ4v) is 3.57. The SMILES string of the molecule is CCc1cc(C#Cc2ccc(C(C)C(=O)O)cc2)ccc1C1(OC(C)C)CC1. The fourth-order valence-electron chi connectivity index (χ4n) is 3.57. The van der Waals surface area contributed by atoms with Gasteiger partial charge in [0.15, 0.2) is 0 Å². The van der Waals surface area contributed by atoms with E-state index in [9.17, 15) is 4.79 Å². The molecule has 146 valence electrons. The summed E-state index contributed by atoms with van der Waals surface area (Å²) < 4.78 is 6.22. The van der Waals surface area contributed by atoms with Gasteiger partial charge in [-0.25, -0.2) is 0 Å². The number of carboxylic acids is 1. The van der Waals surface area contributed by atoms with Gasteiger partial charge in [-0.1, -0.05) is 37.0 Å². The number of hydrogen-bond donors (Lipinski definition) is 1. The van der Waals surface area contributed by atoms with Crippen LogP contribution in [0.1, 0.15) is 74.3 Å². The van der Waals surface area contributed by atoms with Crippen molar-refractivity contribution in [1.82, 2.24) is 0 Å². The van der Waals surface area contributed by atoms with Gasteiger partial charge in [0.1, 0.15) is 0 Å². The van der Waals surface area contributed by atoms with Crippen molar-refractivity contribution in [1.29, 1.82) is 0 Å². The van der Waals surface area contributed by atoms with E-state index in [4.69, 9.17) is 9.84 Å². The molecule has 0 aliphatic heterocycles. The van der Waals surface area contributed by atoms with Gasteiger partial charge in [-0.05, 0) is 81.0 Å². The first-order valence-electron chi connectivity index (χ1n) is 10.0. The summed E-state index contributed by atoms with van der Waals surface area (Å²) in [6, 6.07) is 13.9. The van der Waals surface area contributed by atoms with Gasteiger partial charge in [-0.3, -0.25) is 4.79 Å². The van der Waals surface area contributed by atoms with Gasteiger partial charge in [0.05, 0.1) is 17.6 Å². The lowest BCUT2D eigenvalue weighted by atomic mass is 9.96. The monoisotopic (exact) mass is 376 g/mol. The number of carbonyl (C=O) groups is 1. The van der Waals surface area contributed by atoms with Crippen molar-refractivity contribution in [3.8, 4) is 11.8 Å². The Morgan fingerprint density at radius 3 is 2.21 bits per heavy atom. The van der Waals surface area contributed by atoms with Gasteiger partial charge in [0.25, 0.3) is 0 Å². The highest BCUT2D eigenvalue weighted by molar-refractivity contribution is 5.75. The molecule has 1 aliphatic rings. The molecule has 1 unspecified atom stereocenters. The Hall–Kier alpha value is -2.57. The first kappa shape index (κ1) is 20.2. The molecule has 0 radical (unpaired) electrons. The van der Waals surface area contributed by atoms with Crippen LogP contribution in [-0.2, 0) is 21.6 Å². The Balaban J connectivity index is 1.80. The Kier molecular flexibility index (Phi) is 5.91. The van der Waals surface area contributed by atoms with Crippen LogP contribution in [-0.4, -0.2) is 17.2 Å². The number of rotatable bonds is 6. The molecule has 1 fully saturated rings. The lowest BCUT2D eigenvalue weighted by Crippen LogP contribution is -2.19. The van der Waals surface area contributed by atoms with Crippen molar-refractivity contribution in [2.75, 3.05) is 0 Å². The topological polar surface area (TPSA) is 46.5 Å². The van der Waals surface area contributed by atoms with Crippen LogP contribution in [0.5, 0.6) is 0 Å². The average Bonchev–Trinajstić information content (AvgIpc) is 3.45. The standard InChI is InChI=1S/C25H28O3/c1-5-21-16-20(10-13-23(21)25(14-15-25)28-17(2)3)7-6-19-8-11-22(12-9-19)18(4)24(26)27/h8-13,16-18H,5,14-15H2,1-4H3,(H,26,27). The van der Waals surface area contributed by atoms with E-state index < -0.39 is 11.9 Å². The molecule has 0 spiro atoms. The third kappa shape index (κ3) is 4.46. The van der Waals surface area contributed by atoms with Crippen LogP contribution < -0.4 is 0 Å². The van der Waals surface area contributed by atoms with Crippen molar-refractivity contribution < 1.29 is 14.6 Å².